The summed E-state index contributed by atoms with van der Waals surface area (Å²) >= 11 is 0. The van der Waals surface area contributed by atoms with Gasteiger partial charge in [-0.25, -0.2) is 0 Å². The largest absolute Gasteiger partial charge is 0.338 e. The molecule has 1 aromatic carbocycles. The molecule has 0 radical (unpaired) electrons. The molecule has 7 rings (SSSR count). The van der Waals surface area contributed by atoms with Gasteiger partial charge in [-0.15, -0.1) is 0 Å². The van der Waals surface area contributed by atoms with Crippen LogP contribution in [0.5, 0.6) is 0 Å². The van der Waals surface area contributed by atoms with Crippen molar-refractivity contribution in [2.24, 2.45) is 11.8 Å². The third-order valence-corrected chi connectivity index (χ3v) is 9.22. The number of nitrogens with zero attached hydrogens (tertiary/aromatic N) is 2. The van der Waals surface area contributed by atoms with Gasteiger partial charge >= 0.3 is 0 Å². The van der Waals surface area contributed by atoms with E-state index < -0.39 is 0 Å². The lowest BCUT2D eigenvalue weighted by Gasteiger charge is -2.39. The van der Waals surface area contributed by atoms with Crippen molar-refractivity contribution in [2.45, 2.75) is 83.1 Å². The minimum absolute atomic E-state index is 0.305. The van der Waals surface area contributed by atoms with Gasteiger partial charge in [0.15, 0.2) is 0 Å². The fourth-order valence-electron chi connectivity index (χ4n) is 7.00. The molecule has 3 fully saturated rings. The topological polar surface area (TPSA) is 33.2 Å². The van der Waals surface area contributed by atoms with Gasteiger partial charge in [-0.1, -0.05) is 25.0 Å². The van der Waals surface area contributed by atoms with Gasteiger partial charge in [-0.2, -0.15) is 0 Å². The van der Waals surface area contributed by atoms with Crippen LogP contribution in [0.1, 0.15) is 98.1 Å². The summed E-state index contributed by atoms with van der Waals surface area (Å²) in [4.78, 5) is 20.0. The summed E-state index contributed by atoms with van der Waals surface area (Å²) in [6.07, 6.45) is 15.7. The average molecular weight is 439 g/mol. The summed E-state index contributed by atoms with van der Waals surface area (Å²) in [5.74, 6) is 2.73. The zero-order valence-electron chi connectivity index (χ0n) is 19.8. The molecule has 170 valence electrons. The summed E-state index contributed by atoms with van der Waals surface area (Å²) in [6, 6.07) is 7.28. The Kier molecular flexibility index (Phi) is 4.57. The molecule has 3 saturated carbocycles. The van der Waals surface area contributed by atoms with E-state index in [-0.39, 0.29) is 0 Å². The fourth-order valence-corrected chi connectivity index (χ4v) is 7.00. The van der Waals surface area contributed by atoms with Gasteiger partial charge in [0.2, 0.25) is 5.91 Å². The molecule has 1 aromatic heterocycles. The normalized spacial score (nSPS) is 26.2. The number of hydrogen-bond donors (Lipinski definition) is 0. The van der Waals surface area contributed by atoms with Gasteiger partial charge < -0.3 is 4.90 Å². The Hall–Kier alpha value is -2.42. The predicted octanol–water partition coefficient (Wildman–Crippen LogP) is 6.61. The number of carbonyl (C=O) groups is 1. The molecule has 4 aliphatic carbocycles. The first-order valence-corrected chi connectivity index (χ1v) is 13.3. The second-order valence-electron chi connectivity index (χ2n) is 11.3. The van der Waals surface area contributed by atoms with E-state index in [0.717, 1.165) is 32.4 Å². The molecule has 33 heavy (non-hydrogen) atoms. The number of rotatable bonds is 3. The van der Waals surface area contributed by atoms with E-state index in [0.29, 0.717) is 29.6 Å². The first-order chi connectivity index (χ1) is 16.2. The van der Waals surface area contributed by atoms with Crippen molar-refractivity contribution in [3.8, 4) is 11.1 Å². The highest BCUT2D eigenvalue weighted by molar-refractivity contribution is 5.81. The number of fused-ring (bicyclic) bond motifs is 4. The SMILES string of the molecule is CC1=CC2CCC2c2ncc(-c3cc4c(c(C5CCCC5)c3)CCN(C(=O)C3CC3)C4)cc21. The van der Waals surface area contributed by atoms with Crippen molar-refractivity contribution in [3.63, 3.8) is 0 Å². The number of benzene rings is 1. The molecule has 1 amide bonds. The van der Waals surface area contributed by atoms with Crippen LogP contribution in [-0.4, -0.2) is 22.3 Å². The molecule has 5 aliphatic rings. The van der Waals surface area contributed by atoms with E-state index in [4.69, 9.17) is 4.98 Å². The summed E-state index contributed by atoms with van der Waals surface area (Å²) < 4.78 is 0. The summed E-state index contributed by atoms with van der Waals surface area (Å²) in [6.45, 7) is 3.95. The lowest BCUT2D eigenvalue weighted by molar-refractivity contribution is -0.133. The van der Waals surface area contributed by atoms with Gasteiger partial charge in [-0.3, -0.25) is 9.78 Å². The first-order valence-electron chi connectivity index (χ1n) is 13.3. The molecule has 0 spiro atoms. The van der Waals surface area contributed by atoms with E-state index in [2.05, 4.69) is 42.3 Å². The molecule has 1 aliphatic heterocycles. The Labute approximate surface area is 197 Å². The van der Waals surface area contributed by atoms with Crippen LogP contribution in [0.15, 0.2) is 30.5 Å². The number of aromatic nitrogens is 1. The van der Waals surface area contributed by atoms with Crippen molar-refractivity contribution in [1.82, 2.24) is 9.88 Å². The van der Waals surface area contributed by atoms with Crippen molar-refractivity contribution in [1.29, 1.82) is 0 Å². The van der Waals surface area contributed by atoms with E-state index in [1.165, 1.54) is 72.0 Å². The molecule has 2 aromatic rings. The van der Waals surface area contributed by atoms with Gasteiger partial charge in [0.1, 0.15) is 0 Å². The summed E-state index contributed by atoms with van der Waals surface area (Å²) in [5.41, 5.74) is 11.1. The van der Waals surface area contributed by atoms with Crippen LogP contribution < -0.4 is 0 Å². The maximum atomic E-state index is 12.8. The Bertz CT molecular complexity index is 1170. The molecule has 0 N–H and O–H groups in total. The maximum absolute atomic E-state index is 12.8. The Morgan fingerprint density at radius 1 is 1.00 bits per heavy atom. The molecular formula is C30H34N2O. The standard InChI is InChI=1S/C30H34N2O/c1-18-12-21-8-9-26(21)29-27(18)15-23(16-31-29)22-13-24-17-32(30(33)20-6-7-20)11-10-25(24)28(14-22)19-4-2-3-5-19/h12-16,19-21,26H,2-11,17H2,1H3. The van der Waals surface area contributed by atoms with E-state index in [9.17, 15) is 4.79 Å². The number of carbonyl (C=O) groups excluding carboxylic acids is 1. The molecule has 3 nitrogen and oxygen atoms in total. The van der Waals surface area contributed by atoms with E-state index >= 15 is 0 Å². The van der Waals surface area contributed by atoms with Crippen LogP contribution in [0.25, 0.3) is 16.7 Å². The second kappa shape index (κ2) is 7.55. The van der Waals surface area contributed by atoms with Gasteiger partial charge in [0.05, 0.1) is 5.69 Å². The van der Waals surface area contributed by atoms with Gasteiger partial charge in [-0.05, 0) is 109 Å². The van der Waals surface area contributed by atoms with Crippen LogP contribution in [0, 0.1) is 11.8 Å². The lowest BCUT2D eigenvalue weighted by atomic mass is 9.66. The smallest absolute Gasteiger partial charge is 0.225 e. The molecule has 2 unspecified atom stereocenters. The van der Waals surface area contributed by atoms with Crippen molar-refractivity contribution in [2.75, 3.05) is 6.54 Å². The first kappa shape index (κ1) is 20.0. The highest BCUT2D eigenvalue weighted by atomic mass is 16.2. The molecule has 3 heteroatoms. The molecular weight excluding hydrogens is 404 g/mol. The molecule has 2 heterocycles. The lowest BCUT2D eigenvalue weighted by Crippen LogP contribution is -2.37. The highest BCUT2D eigenvalue weighted by Crippen LogP contribution is 2.50. The van der Waals surface area contributed by atoms with Crippen molar-refractivity contribution >= 4 is 11.5 Å². The van der Waals surface area contributed by atoms with Crippen LogP contribution in [0.4, 0.5) is 0 Å². The van der Waals surface area contributed by atoms with Crippen molar-refractivity contribution < 1.29 is 4.79 Å². The Morgan fingerprint density at radius 2 is 1.85 bits per heavy atom. The summed E-state index contributed by atoms with van der Waals surface area (Å²) in [7, 11) is 0. The third kappa shape index (κ3) is 3.30. The van der Waals surface area contributed by atoms with Crippen LogP contribution >= 0.6 is 0 Å². The number of hydrogen-bond acceptors (Lipinski definition) is 2. The summed E-state index contributed by atoms with van der Waals surface area (Å²) in [5, 5.41) is 0. The average Bonchev–Trinajstić information content (AvgIpc) is 3.53. The number of allylic oxidation sites excluding steroid dienone is 2. The quantitative estimate of drug-likeness (QED) is 0.540. The number of amides is 1. The van der Waals surface area contributed by atoms with Crippen LogP contribution in [-0.2, 0) is 17.8 Å². The monoisotopic (exact) mass is 438 g/mol. The fraction of sp³-hybridized carbons (Fsp3) is 0.533. The zero-order chi connectivity index (χ0) is 22.1. The van der Waals surface area contributed by atoms with E-state index in [1.807, 2.05) is 0 Å². The van der Waals surface area contributed by atoms with Crippen LogP contribution in [0.3, 0.4) is 0 Å². The zero-order valence-corrected chi connectivity index (χ0v) is 19.8. The molecule has 0 bridgehead atoms. The Balaban J connectivity index is 1.30. The highest BCUT2D eigenvalue weighted by Gasteiger charge is 2.37. The van der Waals surface area contributed by atoms with Crippen molar-refractivity contribution in [3.05, 3.63) is 58.4 Å². The maximum Gasteiger partial charge on any atom is 0.225 e. The second-order valence-corrected chi connectivity index (χ2v) is 11.3. The minimum Gasteiger partial charge on any atom is -0.338 e. The predicted molar refractivity (Wildman–Crippen MR) is 132 cm³/mol. The third-order valence-electron chi connectivity index (χ3n) is 9.22. The van der Waals surface area contributed by atoms with E-state index in [1.54, 1.807) is 11.1 Å². The molecule has 2 atom stereocenters. The van der Waals surface area contributed by atoms with Crippen LogP contribution in [0.2, 0.25) is 0 Å². The Morgan fingerprint density at radius 3 is 2.61 bits per heavy atom. The van der Waals surface area contributed by atoms with Gasteiger partial charge in [0.25, 0.3) is 0 Å². The number of pyridine rings is 1. The minimum atomic E-state index is 0.305. The molecule has 0 saturated heterocycles. The van der Waals surface area contributed by atoms with Gasteiger partial charge in [0, 0.05) is 36.7 Å².